The number of ether oxygens (including phenoxy) is 1. The van der Waals surface area contributed by atoms with Gasteiger partial charge in [0.2, 0.25) is 5.13 Å². The number of aromatic nitrogens is 3. The van der Waals surface area contributed by atoms with Gasteiger partial charge in [0.25, 0.3) is 5.56 Å². The van der Waals surface area contributed by atoms with Crippen LogP contribution in [0.25, 0.3) is 26.6 Å². The highest BCUT2D eigenvalue weighted by Gasteiger charge is 2.21. The molecule has 6 aromatic rings. The number of aromatic amines is 1. The van der Waals surface area contributed by atoms with Gasteiger partial charge in [-0.05, 0) is 60.9 Å². The molecule has 7 heteroatoms. The zero-order chi connectivity index (χ0) is 28.2. The highest BCUT2D eigenvalue weighted by Crippen LogP contribution is 2.29. The predicted octanol–water partition coefficient (Wildman–Crippen LogP) is 7.48. The number of aliphatic imine (C=N–C) groups is 1. The summed E-state index contributed by atoms with van der Waals surface area (Å²) < 4.78 is 7.91. The van der Waals surface area contributed by atoms with Crippen LogP contribution in [0.3, 0.4) is 0 Å². The fourth-order valence-corrected chi connectivity index (χ4v) is 6.09. The van der Waals surface area contributed by atoms with Crippen molar-refractivity contribution in [1.29, 1.82) is 0 Å². The number of methoxy groups -OCH3 is 1. The molecular formula is C34H30N4O2S. The number of para-hydroxylation sites is 1. The maximum Gasteiger partial charge on any atom is 0.283 e. The van der Waals surface area contributed by atoms with Crippen LogP contribution in [0.2, 0.25) is 0 Å². The van der Waals surface area contributed by atoms with Crippen LogP contribution in [0.4, 0.5) is 0 Å². The number of rotatable bonds is 9. The Labute approximate surface area is 242 Å². The van der Waals surface area contributed by atoms with Gasteiger partial charge in [-0.15, -0.1) is 0 Å². The van der Waals surface area contributed by atoms with Crippen molar-refractivity contribution in [3.05, 3.63) is 136 Å². The third-order valence-electron chi connectivity index (χ3n) is 7.28. The molecule has 0 fully saturated rings. The standard InChI is InChI=1S/C34H30N4O2S/c1-23(35-22-21-28(24-11-5-3-6-12-24)25-13-7-4-8-14-25)31-32(26-17-19-27(40-2)20-18-26)37-38(33(31)39)34-36-29-15-9-10-16-30(29)41-34/h3-20,28,37H,21-22H2,1-2H3. The van der Waals surface area contributed by atoms with Gasteiger partial charge in [-0.25, -0.2) is 4.98 Å². The van der Waals surface area contributed by atoms with Gasteiger partial charge in [-0.2, -0.15) is 4.68 Å². The summed E-state index contributed by atoms with van der Waals surface area (Å²) in [6.45, 7) is 2.49. The highest BCUT2D eigenvalue weighted by atomic mass is 32.1. The lowest BCUT2D eigenvalue weighted by Gasteiger charge is -2.17. The highest BCUT2D eigenvalue weighted by molar-refractivity contribution is 7.20. The van der Waals surface area contributed by atoms with E-state index in [1.807, 2.05) is 67.6 Å². The number of benzene rings is 4. The van der Waals surface area contributed by atoms with Gasteiger partial charge in [0.1, 0.15) is 5.75 Å². The van der Waals surface area contributed by atoms with Crippen molar-refractivity contribution in [1.82, 2.24) is 14.8 Å². The SMILES string of the molecule is COc1ccc(-c2[nH]n(-c3nc4ccccc4s3)c(=O)c2C(C)=NCCC(c2ccccc2)c2ccccc2)cc1. The van der Waals surface area contributed by atoms with Gasteiger partial charge in [-0.1, -0.05) is 84.1 Å². The molecule has 0 spiro atoms. The molecule has 0 bridgehead atoms. The third-order valence-corrected chi connectivity index (χ3v) is 8.30. The second kappa shape index (κ2) is 11.8. The van der Waals surface area contributed by atoms with E-state index < -0.39 is 0 Å². The molecule has 0 saturated carbocycles. The van der Waals surface area contributed by atoms with E-state index in [4.69, 9.17) is 14.7 Å². The molecule has 0 aliphatic carbocycles. The molecule has 0 amide bonds. The number of nitrogens with one attached hydrogen (secondary N) is 1. The Kier molecular flexibility index (Phi) is 7.60. The molecule has 0 atom stereocenters. The van der Waals surface area contributed by atoms with E-state index in [1.165, 1.54) is 27.1 Å². The maximum absolute atomic E-state index is 13.9. The molecule has 204 valence electrons. The van der Waals surface area contributed by atoms with E-state index in [0.29, 0.717) is 28.6 Å². The second-order valence-corrected chi connectivity index (χ2v) is 10.8. The van der Waals surface area contributed by atoms with Gasteiger partial charge < -0.3 is 4.74 Å². The molecule has 0 aliphatic heterocycles. The Morgan fingerprint density at radius 2 is 1.54 bits per heavy atom. The fraction of sp³-hybridized carbons (Fsp3) is 0.147. The van der Waals surface area contributed by atoms with Crippen LogP contribution in [0, 0.1) is 0 Å². The monoisotopic (exact) mass is 558 g/mol. The van der Waals surface area contributed by atoms with Crippen molar-refractivity contribution in [2.75, 3.05) is 13.7 Å². The van der Waals surface area contributed by atoms with Gasteiger partial charge in [0.05, 0.1) is 28.6 Å². The van der Waals surface area contributed by atoms with Crippen molar-refractivity contribution < 1.29 is 4.74 Å². The molecule has 2 aromatic heterocycles. The van der Waals surface area contributed by atoms with Crippen molar-refractivity contribution in [2.45, 2.75) is 19.3 Å². The molecule has 0 radical (unpaired) electrons. The summed E-state index contributed by atoms with van der Waals surface area (Å²) in [5.74, 6) is 0.960. The molecular weight excluding hydrogens is 528 g/mol. The number of H-pyrrole nitrogens is 1. The number of hydrogen-bond donors (Lipinski definition) is 1. The zero-order valence-electron chi connectivity index (χ0n) is 23.0. The molecule has 2 heterocycles. The molecule has 1 N–H and O–H groups in total. The normalized spacial score (nSPS) is 11.8. The van der Waals surface area contributed by atoms with E-state index in [0.717, 1.165) is 28.0 Å². The summed E-state index contributed by atoms with van der Waals surface area (Å²) in [6.07, 6.45) is 0.819. The Hall–Kier alpha value is -4.75. The first-order valence-electron chi connectivity index (χ1n) is 13.6. The van der Waals surface area contributed by atoms with Gasteiger partial charge in [0.15, 0.2) is 0 Å². The van der Waals surface area contributed by atoms with Crippen LogP contribution >= 0.6 is 11.3 Å². The minimum Gasteiger partial charge on any atom is -0.497 e. The average Bonchev–Trinajstić information content (AvgIpc) is 3.61. The van der Waals surface area contributed by atoms with Crippen molar-refractivity contribution in [2.24, 2.45) is 4.99 Å². The summed E-state index contributed by atoms with van der Waals surface area (Å²) in [4.78, 5) is 23.6. The number of fused-ring (bicyclic) bond motifs is 1. The quantitative estimate of drug-likeness (QED) is 0.187. The maximum atomic E-state index is 13.9. The van der Waals surface area contributed by atoms with E-state index in [2.05, 4.69) is 53.6 Å². The van der Waals surface area contributed by atoms with Crippen LogP contribution in [-0.2, 0) is 0 Å². The smallest absolute Gasteiger partial charge is 0.283 e. The Bertz CT molecular complexity index is 1780. The summed E-state index contributed by atoms with van der Waals surface area (Å²) in [5.41, 5.74) is 6.02. The molecule has 0 saturated heterocycles. The summed E-state index contributed by atoms with van der Waals surface area (Å²) >= 11 is 1.48. The zero-order valence-corrected chi connectivity index (χ0v) is 23.8. The average molecular weight is 559 g/mol. The van der Waals surface area contributed by atoms with Crippen LogP contribution in [0.15, 0.2) is 119 Å². The minimum absolute atomic E-state index is 0.168. The first kappa shape index (κ1) is 26.5. The summed E-state index contributed by atoms with van der Waals surface area (Å²) in [6, 6.07) is 36.6. The van der Waals surface area contributed by atoms with E-state index in [9.17, 15) is 4.79 Å². The summed E-state index contributed by atoms with van der Waals surface area (Å²) in [5, 5.41) is 3.94. The fourth-order valence-electron chi connectivity index (χ4n) is 5.17. The van der Waals surface area contributed by atoms with Crippen molar-refractivity contribution in [3.63, 3.8) is 0 Å². The topological polar surface area (TPSA) is 72.3 Å². The van der Waals surface area contributed by atoms with E-state index >= 15 is 0 Å². The van der Waals surface area contributed by atoms with Crippen LogP contribution in [0.5, 0.6) is 5.75 Å². The number of nitrogens with zero attached hydrogens (tertiary/aromatic N) is 3. The molecule has 6 rings (SSSR count). The first-order valence-corrected chi connectivity index (χ1v) is 14.4. The number of thiazole rings is 1. The van der Waals surface area contributed by atoms with Crippen LogP contribution < -0.4 is 10.3 Å². The lowest BCUT2D eigenvalue weighted by Crippen LogP contribution is -2.19. The third kappa shape index (κ3) is 5.49. The molecule has 0 aliphatic rings. The van der Waals surface area contributed by atoms with Gasteiger partial charge in [0, 0.05) is 23.7 Å². The Morgan fingerprint density at radius 1 is 0.902 bits per heavy atom. The van der Waals surface area contributed by atoms with E-state index in [1.54, 1.807) is 7.11 Å². The van der Waals surface area contributed by atoms with Gasteiger partial charge in [-0.3, -0.25) is 14.9 Å². The van der Waals surface area contributed by atoms with Crippen LogP contribution in [-0.4, -0.2) is 34.1 Å². The number of hydrogen-bond acceptors (Lipinski definition) is 5. The van der Waals surface area contributed by atoms with E-state index in [-0.39, 0.29) is 11.5 Å². The molecule has 4 aromatic carbocycles. The summed E-state index contributed by atoms with van der Waals surface area (Å²) in [7, 11) is 1.64. The molecule has 0 unspecified atom stereocenters. The predicted molar refractivity (Wildman–Crippen MR) is 168 cm³/mol. The Balaban J connectivity index is 1.37. The minimum atomic E-state index is -0.168. The molecule has 6 nitrogen and oxygen atoms in total. The Morgan fingerprint density at radius 3 is 2.17 bits per heavy atom. The first-order chi connectivity index (χ1) is 20.1. The van der Waals surface area contributed by atoms with Crippen LogP contribution in [0.1, 0.15) is 36.0 Å². The lowest BCUT2D eigenvalue weighted by molar-refractivity contribution is 0.415. The van der Waals surface area contributed by atoms with Gasteiger partial charge >= 0.3 is 0 Å². The lowest BCUT2D eigenvalue weighted by atomic mass is 9.88. The van der Waals surface area contributed by atoms with Crippen molar-refractivity contribution >= 4 is 27.3 Å². The second-order valence-electron chi connectivity index (χ2n) is 9.82. The van der Waals surface area contributed by atoms with Crippen molar-refractivity contribution in [3.8, 4) is 22.1 Å². The molecule has 41 heavy (non-hydrogen) atoms. The largest absolute Gasteiger partial charge is 0.497 e.